The van der Waals surface area contributed by atoms with Gasteiger partial charge in [-0.1, -0.05) is 24.1 Å². The lowest BCUT2D eigenvalue weighted by molar-refractivity contribution is 0.0600. The van der Waals surface area contributed by atoms with Crippen molar-refractivity contribution in [2.75, 3.05) is 25.5 Å². The van der Waals surface area contributed by atoms with E-state index in [4.69, 9.17) is 4.74 Å². The van der Waals surface area contributed by atoms with Crippen molar-refractivity contribution < 1.29 is 14.3 Å². The molecule has 0 bridgehead atoms. The van der Waals surface area contributed by atoms with Crippen molar-refractivity contribution >= 4 is 40.6 Å². The maximum atomic E-state index is 12.8. The van der Waals surface area contributed by atoms with Gasteiger partial charge in [0.1, 0.15) is 5.00 Å². The van der Waals surface area contributed by atoms with E-state index in [1.165, 1.54) is 18.4 Å². The van der Waals surface area contributed by atoms with Crippen LogP contribution in [0.3, 0.4) is 0 Å². The van der Waals surface area contributed by atoms with E-state index in [2.05, 4.69) is 17.1 Å². The van der Waals surface area contributed by atoms with E-state index in [0.29, 0.717) is 16.1 Å². The number of rotatable bonds is 5. The van der Waals surface area contributed by atoms with Gasteiger partial charge >= 0.3 is 5.97 Å². The van der Waals surface area contributed by atoms with Gasteiger partial charge in [0.05, 0.1) is 12.7 Å². The first kappa shape index (κ1) is 22.4. The van der Waals surface area contributed by atoms with Gasteiger partial charge in [0.2, 0.25) is 0 Å². The number of anilines is 1. The first-order chi connectivity index (χ1) is 12.9. The molecule has 5 nitrogen and oxygen atoms in total. The van der Waals surface area contributed by atoms with E-state index < -0.39 is 0 Å². The highest BCUT2D eigenvalue weighted by Crippen LogP contribution is 2.38. The Labute approximate surface area is 176 Å². The Bertz CT molecular complexity index is 859. The fourth-order valence-corrected chi connectivity index (χ4v) is 4.92. The molecule has 28 heavy (non-hydrogen) atoms. The molecular formula is C21H27ClN2O3S. The Kier molecular flexibility index (Phi) is 7.63. The summed E-state index contributed by atoms with van der Waals surface area (Å²) in [6, 6.07) is 5.75. The number of halogens is 1. The maximum Gasteiger partial charge on any atom is 0.341 e. The summed E-state index contributed by atoms with van der Waals surface area (Å²) >= 11 is 1.49. The van der Waals surface area contributed by atoms with Crippen molar-refractivity contribution in [3.05, 3.63) is 50.9 Å². The van der Waals surface area contributed by atoms with Gasteiger partial charge in [-0.2, -0.15) is 0 Å². The summed E-state index contributed by atoms with van der Waals surface area (Å²) in [5, 5.41) is 3.55. The molecule has 1 aromatic carbocycles. The Morgan fingerprint density at radius 2 is 1.89 bits per heavy atom. The minimum atomic E-state index is -0.382. The molecule has 0 fully saturated rings. The van der Waals surface area contributed by atoms with Crippen LogP contribution in [0.1, 0.15) is 55.6 Å². The van der Waals surface area contributed by atoms with Gasteiger partial charge < -0.3 is 10.1 Å². The third-order valence-electron chi connectivity index (χ3n) is 4.78. The highest BCUT2D eigenvalue weighted by Gasteiger charge is 2.29. The summed E-state index contributed by atoms with van der Waals surface area (Å²) in [5.41, 5.74) is 4.21. The van der Waals surface area contributed by atoms with Crippen molar-refractivity contribution in [3.8, 4) is 0 Å². The number of carbonyl (C=O) groups is 2. The van der Waals surface area contributed by atoms with E-state index in [0.717, 1.165) is 54.0 Å². The van der Waals surface area contributed by atoms with E-state index in [-0.39, 0.29) is 24.3 Å². The molecule has 0 atom stereocenters. The quantitative estimate of drug-likeness (QED) is 0.715. The van der Waals surface area contributed by atoms with Crippen LogP contribution in [0.15, 0.2) is 18.2 Å². The number of thiophene rings is 1. The molecule has 1 N–H and O–H groups in total. The molecule has 1 aliphatic rings. The maximum absolute atomic E-state index is 12.8. The van der Waals surface area contributed by atoms with E-state index in [9.17, 15) is 9.59 Å². The fraction of sp³-hybridized carbons (Fsp3) is 0.429. The highest BCUT2D eigenvalue weighted by atomic mass is 35.5. The molecule has 3 rings (SSSR count). The minimum absolute atomic E-state index is 0. The predicted molar refractivity (Wildman–Crippen MR) is 116 cm³/mol. The molecule has 7 heteroatoms. The molecule has 1 aliphatic heterocycles. The molecule has 0 spiro atoms. The molecule has 0 saturated carbocycles. The summed E-state index contributed by atoms with van der Waals surface area (Å²) in [6.07, 6.45) is 1.90. The molecule has 0 saturated heterocycles. The summed E-state index contributed by atoms with van der Waals surface area (Å²) < 4.78 is 5.00. The van der Waals surface area contributed by atoms with Crippen molar-refractivity contribution in [3.63, 3.8) is 0 Å². The number of nitrogens with zero attached hydrogens (tertiary/aromatic N) is 1. The normalized spacial score (nSPS) is 13.4. The summed E-state index contributed by atoms with van der Waals surface area (Å²) in [5.74, 6) is -0.580. The Morgan fingerprint density at radius 1 is 1.21 bits per heavy atom. The zero-order valence-electron chi connectivity index (χ0n) is 16.8. The van der Waals surface area contributed by atoms with E-state index in [1.54, 1.807) is 0 Å². The summed E-state index contributed by atoms with van der Waals surface area (Å²) in [7, 11) is 1.38. The molecule has 2 heterocycles. The van der Waals surface area contributed by atoms with Crippen molar-refractivity contribution in [1.29, 1.82) is 0 Å². The topological polar surface area (TPSA) is 58.6 Å². The van der Waals surface area contributed by atoms with Crippen LogP contribution < -0.4 is 5.32 Å². The van der Waals surface area contributed by atoms with Crippen LogP contribution in [-0.4, -0.2) is 37.0 Å². The molecule has 0 unspecified atom stereocenters. The second-order valence-corrected chi connectivity index (χ2v) is 8.16. The van der Waals surface area contributed by atoms with E-state index in [1.807, 2.05) is 32.0 Å². The van der Waals surface area contributed by atoms with Crippen LogP contribution in [0, 0.1) is 13.8 Å². The van der Waals surface area contributed by atoms with E-state index >= 15 is 0 Å². The number of nitrogens with one attached hydrogen (secondary N) is 1. The number of methoxy groups -OCH3 is 1. The average molecular weight is 423 g/mol. The molecule has 1 aromatic heterocycles. The van der Waals surface area contributed by atoms with Gasteiger partial charge in [0, 0.05) is 23.5 Å². The van der Waals surface area contributed by atoms with Crippen LogP contribution in [0.25, 0.3) is 0 Å². The SMILES string of the molecule is CCCN1CCc2c(sc(NC(=O)c3cc(C)cc(C)c3)c2C(=O)OC)C1.Cl. The third kappa shape index (κ3) is 4.74. The van der Waals surface area contributed by atoms with Gasteiger partial charge in [-0.05, 0) is 50.9 Å². The van der Waals surface area contributed by atoms with Gasteiger partial charge in [-0.25, -0.2) is 4.79 Å². The number of ether oxygens (including phenoxy) is 1. The molecular weight excluding hydrogens is 396 g/mol. The van der Waals surface area contributed by atoms with Gasteiger partial charge in [0.15, 0.2) is 0 Å². The second-order valence-electron chi connectivity index (χ2n) is 7.06. The zero-order chi connectivity index (χ0) is 19.6. The molecule has 0 aliphatic carbocycles. The Morgan fingerprint density at radius 3 is 2.50 bits per heavy atom. The fourth-order valence-electron chi connectivity index (χ4n) is 3.65. The highest BCUT2D eigenvalue weighted by molar-refractivity contribution is 7.17. The predicted octanol–water partition coefficient (Wildman–Crippen LogP) is 4.59. The summed E-state index contributed by atoms with van der Waals surface area (Å²) in [6.45, 7) is 8.88. The number of aryl methyl sites for hydroxylation is 2. The van der Waals surface area contributed by atoms with Crippen molar-refractivity contribution in [2.24, 2.45) is 0 Å². The molecule has 0 radical (unpaired) electrons. The lowest BCUT2D eigenvalue weighted by Crippen LogP contribution is -2.30. The first-order valence-electron chi connectivity index (χ1n) is 9.27. The Hall–Kier alpha value is -1.89. The van der Waals surface area contributed by atoms with Gasteiger partial charge in [0.25, 0.3) is 5.91 Å². The monoisotopic (exact) mass is 422 g/mol. The number of hydrogen-bond acceptors (Lipinski definition) is 5. The number of esters is 1. The Balaban J connectivity index is 0.00000280. The van der Waals surface area contributed by atoms with Crippen LogP contribution in [0.5, 0.6) is 0 Å². The zero-order valence-corrected chi connectivity index (χ0v) is 18.4. The number of amides is 1. The molecule has 1 amide bonds. The largest absolute Gasteiger partial charge is 0.465 e. The second kappa shape index (κ2) is 9.54. The minimum Gasteiger partial charge on any atom is -0.465 e. The first-order valence-corrected chi connectivity index (χ1v) is 10.1. The smallest absolute Gasteiger partial charge is 0.341 e. The van der Waals surface area contributed by atoms with Crippen molar-refractivity contribution in [1.82, 2.24) is 4.90 Å². The van der Waals surface area contributed by atoms with Crippen LogP contribution >= 0.6 is 23.7 Å². The van der Waals surface area contributed by atoms with Gasteiger partial charge in [-0.15, -0.1) is 23.7 Å². The molecule has 152 valence electrons. The lowest BCUT2D eigenvalue weighted by atomic mass is 10.0. The number of benzene rings is 1. The van der Waals surface area contributed by atoms with Crippen LogP contribution in [0.2, 0.25) is 0 Å². The lowest BCUT2D eigenvalue weighted by Gasteiger charge is -2.26. The average Bonchev–Trinajstić information content (AvgIpc) is 2.97. The van der Waals surface area contributed by atoms with Crippen LogP contribution in [0.4, 0.5) is 5.00 Å². The number of hydrogen-bond donors (Lipinski definition) is 1. The number of carbonyl (C=O) groups excluding carboxylic acids is 2. The standard InChI is InChI=1S/C21H26N2O3S.ClH/c1-5-7-23-8-6-16-17(12-23)27-20(18(16)21(25)26-4)22-19(24)15-10-13(2)9-14(3)11-15;/h9-11H,5-8,12H2,1-4H3,(H,22,24);1H. The molecule has 2 aromatic rings. The van der Waals surface area contributed by atoms with Crippen molar-refractivity contribution in [2.45, 2.75) is 40.2 Å². The third-order valence-corrected chi connectivity index (χ3v) is 5.91. The summed E-state index contributed by atoms with van der Waals surface area (Å²) in [4.78, 5) is 28.7. The van der Waals surface area contributed by atoms with Crippen LogP contribution in [-0.2, 0) is 17.7 Å². The van der Waals surface area contributed by atoms with Gasteiger partial charge in [-0.3, -0.25) is 9.69 Å². The number of fused-ring (bicyclic) bond motifs is 1.